The van der Waals surface area contributed by atoms with Crippen molar-refractivity contribution < 1.29 is 0 Å². The molecule has 0 amide bonds. The van der Waals surface area contributed by atoms with Crippen molar-refractivity contribution in [3.05, 3.63) is 0 Å². The van der Waals surface area contributed by atoms with Gasteiger partial charge in [-0.1, -0.05) is 50.0 Å². The molecule has 0 nitrogen and oxygen atoms in total. The minimum atomic E-state index is 0. The third-order valence-electron chi connectivity index (χ3n) is 0. The second-order valence-corrected chi connectivity index (χ2v) is 0. The highest BCUT2D eigenvalue weighted by atomic mass is 13.0. The van der Waals surface area contributed by atoms with Crippen molar-refractivity contribution in [2.45, 2.75) is 50.0 Å². The zero-order chi connectivity index (χ0) is 4.00. The topological polar surface area (TPSA) is 0 Å². The molecule has 0 unspecified atom stereocenters. The molecule has 0 radical (unpaired) electrons. The van der Waals surface area contributed by atoms with Gasteiger partial charge in [-0.25, -0.2) is 0 Å². The molecule has 0 heteroatoms. The van der Waals surface area contributed by atoms with Gasteiger partial charge in [0.25, 0.3) is 0 Å². The first-order valence-corrected chi connectivity index (χ1v) is 2.00. The Morgan fingerprint density at radius 1 is 0.429 bits per heavy atom. The van der Waals surface area contributed by atoms with E-state index in [0.717, 1.165) is 0 Å². The average molecular weight is 108 g/mol. The van der Waals surface area contributed by atoms with Gasteiger partial charge in [0.1, 0.15) is 0 Å². The van der Waals surface area contributed by atoms with E-state index in [9.17, 15) is 0 Å². The molecule has 0 bridgehead atoms. The van der Waals surface area contributed by atoms with Crippen LogP contribution in [0, 0.1) is 0 Å². The molecular weight excluding hydrogens is 84.1 g/mol. The van der Waals surface area contributed by atoms with Crippen LogP contribution in [0.4, 0.5) is 0 Å². The SMILES string of the molecule is C.C.C.CC.CC. The average Bonchev–Trinajstić information content (AvgIpc) is 1.50. The van der Waals surface area contributed by atoms with Crippen LogP contribution in [-0.4, -0.2) is 0 Å². The molecule has 0 N–H and O–H groups in total. The minimum absolute atomic E-state index is 0. The van der Waals surface area contributed by atoms with E-state index in [1.165, 1.54) is 0 Å². The third-order valence-corrected chi connectivity index (χ3v) is 0. The summed E-state index contributed by atoms with van der Waals surface area (Å²) >= 11 is 0. The molecule has 0 fully saturated rings. The highest BCUT2D eigenvalue weighted by Gasteiger charge is 0.934. The molecular formula is C7H24. The van der Waals surface area contributed by atoms with Gasteiger partial charge in [-0.15, -0.1) is 0 Å². The fourth-order valence-electron chi connectivity index (χ4n) is 0. The van der Waals surface area contributed by atoms with E-state index in [-0.39, 0.29) is 22.3 Å². The largest absolute Gasteiger partial charge is 0.0776 e. The molecule has 0 heterocycles. The van der Waals surface area contributed by atoms with Gasteiger partial charge in [-0.3, -0.25) is 0 Å². The lowest BCUT2D eigenvalue weighted by atomic mass is 11.0. The van der Waals surface area contributed by atoms with E-state index in [2.05, 4.69) is 0 Å². The number of hydrogen-bond acceptors (Lipinski definition) is 0. The maximum atomic E-state index is 2.00. The summed E-state index contributed by atoms with van der Waals surface area (Å²) < 4.78 is 0. The van der Waals surface area contributed by atoms with Crippen molar-refractivity contribution in [1.29, 1.82) is 0 Å². The van der Waals surface area contributed by atoms with E-state index in [4.69, 9.17) is 0 Å². The van der Waals surface area contributed by atoms with Crippen LogP contribution in [0.3, 0.4) is 0 Å². The molecule has 0 rings (SSSR count). The van der Waals surface area contributed by atoms with Crippen LogP contribution in [0.5, 0.6) is 0 Å². The zero-order valence-electron chi connectivity index (χ0n) is 4.00. The Morgan fingerprint density at radius 2 is 0.429 bits per heavy atom. The predicted molar refractivity (Wildman–Crippen MR) is 42.9 cm³/mol. The lowest BCUT2D eigenvalue weighted by Gasteiger charge is -1.07. The van der Waals surface area contributed by atoms with Gasteiger partial charge < -0.3 is 0 Å². The molecule has 0 aromatic rings. The van der Waals surface area contributed by atoms with Crippen molar-refractivity contribution in [3.63, 3.8) is 0 Å². The Labute approximate surface area is 51.0 Å². The summed E-state index contributed by atoms with van der Waals surface area (Å²) in [5.41, 5.74) is 0. The third kappa shape index (κ3) is 0. The zero-order valence-corrected chi connectivity index (χ0v) is 4.00. The lowest BCUT2D eigenvalue weighted by molar-refractivity contribution is 1.50. The molecule has 0 atom stereocenters. The van der Waals surface area contributed by atoms with E-state index < -0.39 is 0 Å². The van der Waals surface area contributed by atoms with Crippen LogP contribution >= 0.6 is 0 Å². The Balaban J connectivity index is -0.00000000267. The second-order valence-electron chi connectivity index (χ2n) is 0. The summed E-state index contributed by atoms with van der Waals surface area (Å²) in [6.45, 7) is 8.00. The monoisotopic (exact) mass is 108 g/mol. The minimum Gasteiger partial charge on any atom is -0.0776 e. The summed E-state index contributed by atoms with van der Waals surface area (Å²) in [5.74, 6) is 0. The van der Waals surface area contributed by atoms with Crippen LogP contribution in [0.25, 0.3) is 0 Å². The van der Waals surface area contributed by atoms with Gasteiger partial charge in [0, 0.05) is 0 Å². The summed E-state index contributed by atoms with van der Waals surface area (Å²) in [5, 5.41) is 0. The van der Waals surface area contributed by atoms with Crippen molar-refractivity contribution >= 4 is 0 Å². The van der Waals surface area contributed by atoms with E-state index in [1.54, 1.807) is 0 Å². The van der Waals surface area contributed by atoms with Gasteiger partial charge >= 0.3 is 0 Å². The predicted octanol–water partition coefficient (Wildman–Crippen LogP) is 3.96. The first-order valence-electron chi connectivity index (χ1n) is 2.00. The maximum Gasteiger partial charge on any atom is -0.0683 e. The highest BCUT2D eigenvalue weighted by molar-refractivity contribution is 3.51. The van der Waals surface area contributed by atoms with Crippen LogP contribution < -0.4 is 0 Å². The molecule has 0 spiro atoms. The fraction of sp³-hybridized carbons (Fsp3) is 1.00. The number of rotatable bonds is 0. The van der Waals surface area contributed by atoms with E-state index in [1.807, 2.05) is 27.7 Å². The Hall–Kier alpha value is 0. The van der Waals surface area contributed by atoms with Crippen molar-refractivity contribution in [1.82, 2.24) is 0 Å². The van der Waals surface area contributed by atoms with Crippen LogP contribution in [0.1, 0.15) is 50.0 Å². The fourth-order valence-corrected chi connectivity index (χ4v) is 0. The highest BCUT2D eigenvalue weighted by Crippen LogP contribution is 1.15. The van der Waals surface area contributed by atoms with Crippen molar-refractivity contribution in [2.24, 2.45) is 0 Å². The van der Waals surface area contributed by atoms with Crippen molar-refractivity contribution in [3.8, 4) is 0 Å². The molecule has 0 aliphatic carbocycles. The Bertz CT molecular complexity index is 0. The van der Waals surface area contributed by atoms with Gasteiger partial charge in [-0.05, 0) is 0 Å². The summed E-state index contributed by atoms with van der Waals surface area (Å²) in [4.78, 5) is 0. The molecule has 0 aliphatic heterocycles. The number of hydrogen-bond donors (Lipinski definition) is 0. The molecule has 7 heavy (non-hydrogen) atoms. The molecule has 0 saturated heterocycles. The molecule has 0 aromatic carbocycles. The first kappa shape index (κ1) is 63.0. The van der Waals surface area contributed by atoms with E-state index in [0.29, 0.717) is 0 Å². The second kappa shape index (κ2) is 0. The van der Waals surface area contributed by atoms with Crippen molar-refractivity contribution in [2.75, 3.05) is 0 Å². The smallest absolute Gasteiger partial charge is 0.0683 e. The molecule has 0 saturated carbocycles. The quantitative estimate of drug-likeness (QED) is 0.440. The summed E-state index contributed by atoms with van der Waals surface area (Å²) in [7, 11) is 0. The van der Waals surface area contributed by atoms with Crippen LogP contribution in [0.2, 0.25) is 0 Å². The molecule has 52 valence electrons. The normalized spacial score (nSPS) is 1.71. The Morgan fingerprint density at radius 3 is 0.429 bits per heavy atom. The van der Waals surface area contributed by atoms with Gasteiger partial charge in [0.2, 0.25) is 0 Å². The molecule has 0 aliphatic rings. The Kier molecular flexibility index (Phi) is 0. The van der Waals surface area contributed by atoms with Gasteiger partial charge in [-0.2, -0.15) is 0 Å². The maximum absolute atomic E-state index is 2.00. The van der Waals surface area contributed by atoms with Gasteiger partial charge in [0.05, 0.1) is 0 Å². The first-order chi connectivity index (χ1) is 2.00. The standard InChI is InChI=1S/2C2H6.3CH4/c2*1-2;;;/h2*1-2H3;3*1H4. The van der Waals surface area contributed by atoms with Gasteiger partial charge in [0.15, 0.2) is 0 Å². The van der Waals surface area contributed by atoms with Crippen LogP contribution in [0.15, 0.2) is 0 Å². The lowest BCUT2D eigenvalue weighted by Crippen LogP contribution is -0.856. The van der Waals surface area contributed by atoms with E-state index >= 15 is 0 Å². The van der Waals surface area contributed by atoms with Crippen LogP contribution in [-0.2, 0) is 0 Å². The molecule has 0 aromatic heterocycles. The summed E-state index contributed by atoms with van der Waals surface area (Å²) in [6.07, 6.45) is 0. The summed E-state index contributed by atoms with van der Waals surface area (Å²) in [6, 6.07) is 0.